The van der Waals surface area contributed by atoms with Gasteiger partial charge in [-0.25, -0.2) is 4.90 Å². The quantitative estimate of drug-likeness (QED) is 0.344. The third-order valence-corrected chi connectivity index (χ3v) is 12.9. The van der Waals surface area contributed by atoms with Crippen LogP contribution < -0.4 is 10.2 Å². The van der Waals surface area contributed by atoms with Crippen molar-refractivity contribution in [3.05, 3.63) is 42.5 Å². The number of carbonyl (C=O) groups is 1. The molecule has 1 spiro atoms. The highest BCUT2D eigenvalue weighted by atomic mass is 16.5. The van der Waals surface area contributed by atoms with Crippen molar-refractivity contribution in [2.75, 3.05) is 58.3 Å². The first-order valence-corrected chi connectivity index (χ1v) is 18.6. The average molecular weight is 644 g/mol. The summed E-state index contributed by atoms with van der Waals surface area (Å²) in [4.78, 5) is 25.2. The Balaban J connectivity index is 1.24. The predicted octanol–water partition coefficient (Wildman–Crippen LogP) is 4.50. The highest BCUT2D eigenvalue weighted by Gasteiger charge is 2.55. The van der Waals surface area contributed by atoms with Crippen LogP contribution in [0.1, 0.15) is 82.6 Å². The van der Waals surface area contributed by atoms with Crippen LogP contribution in [0.3, 0.4) is 0 Å². The minimum absolute atomic E-state index is 0.0563. The summed E-state index contributed by atoms with van der Waals surface area (Å²) in [6.45, 7) is 8.91. The molecular formula is C38H57N7O2. The molecule has 4 heterocycles. The zero-order valence-electron chi connectivity index (χ0n) is 28.9. The Morgan fingerprint density at radius 1 is 1.06 bits per heavy atom. The number of carbonyl (C=O) groups excluding carboxylic acids is 1. The minimum Gasteiger partial charge on any atom is -0.373 e. The molecule has 9 nitrogen and oxygen atoms in total. The van der Waals surface area contributed by atoms with Crippen molar-refractivity contribution in [1.29, 1.82) is 5.26 Å². The Morgan fingerprint density at radius 2 is 1.87 bits per heavy atom. The Bertz CT molecular complexity index is 1310. The van der Waals surface area contributed by atoms with Gasteiger partial charge in [0.25, 0.3) is 0 Å². The number of piperazine rings is 1. The van der Waals surface area contributed by atoms with Crippen LogP contribution in [-0.4, -0.2) is 116 Å². The summed E-state index contributed by atoms with van der Waals surface area (Å²) in [5.41, 5.74) is 3.04. The Morgan fingerprint density at radius 3 is 2.62 bits per heavy atom. The highest BCUT2D eigenvalue weighted by Crippen LogP contribution is 2.52. The fraction of sp³-hybridized carbons (Fsp3) is 0.737. The third-order valence-electron chi connectivity index (χ3n) is 12.9. The second-order valence-electron chi connectivity index (χ2n) is 15.5. The maximum absolute atomic E-state index is 12.9. The smallest absolute Gasteiger partial charge is 0.246 e. The van der Waals surface area contributed by atoms with E-state index in [9.17, 15) is 10.1 Å². The van der Waals surface area contributed by atoms with Gasteiger partial charge in [0.15, 0.2) is 6.35 Å². The lowest BCUT2D eigenvalue weighted by Gasteiger charge is -2.60. The van der Waals surface area contributed by atoms with Crippen LogP contribution in [0.4, 0.5) is 5.69 Å². The van der Waals surface area contributed by atoms with E-state index in [1.165, 1.54) is 75.1 Å². The molecule has 1 aromatic carbocycles. The number of nitriles is 1. The van der Waals surface area contributed by atoms with Crippen LogP contribution >= 0.6 is 0 Å². The molecule has 1 N–H and O–H groups in total. The number of likely N-dealkylation sites (N-methyl/N-ethyl adjacent to an activating group) is 2. The number of nitrogens with one attached hydrogen (secondary N) is 1. The minimum atomic E-state index is -0.148. The SMILES string of the molecule is C=CC(=O)N1CCN(C2C3CC[C@@]4(CC3NC(OC[C@@H]3CCCN3C)N2C2CCCCCC2)CN(C)c2ccccc24)C[C@@H]1CC#N. The number of fused-ring (bicyclic) bond motifs is 3. The van der Waals surface area contributed by atoms with Gasteiger partial charge in [-0.1, -0.05) is 50.5 Å². The lowest BCUT2D eigenvalue weighted by atomic mass is 9.64. The van der Waals surface area contributed by atoms with Crippen LogP contribution in [-0.2, 0) is 14.9 Å². The van der Waals surface area contributed by atoms with E-state index in [0.717, 1.165) is 45.6 Å². The van der Waals surface area contributed by atoms with Crippen molar-refractivity contribution in [2.45, 2.75) is 119 Å². The number of rotatable bonds is 7. The van der Waals surface area contributed by atoms with E-state index in [1.54, 1.807) is 0 Å². The topological polar surface area (TPSA) is 78.3 Å². The number of hydrogen-bond donors (Lipinski definition) is 1. The van der Waals surface area contributed by atoms with Crippen molar-refractivity contribution in [1.82, 2.24) is 24.9 Å². The third kappa shape index (κ3) is 6.37. The summed E-state index contributed by atoms with van der Waals surface area (Å²) in [5, 5.41) is 14.0. The van der Waals surface area contributed by atoms with Crippen LogP contribution in [0.2, 0.25) is 0 Å². The standard InChI is InChI=1S/C38H57N7O2/c1-4-35(46)44-23-22-43(25-29(44)18-20-39)36-31-17-19-38(27-42(3)34-16-10-9-15-32(34)38)24-33(31)40-37(47-26-30-14-11-21-41(30)2)45(36)28-12-7-5-6-8-13-28/h4,9-10,15-16,28-31,33,36-37,40H,1,5-8,11-14,17-19,21-27H2,2-3H3/t29-,30-,31?,33?,36?,37?,38+/m0/s1. The van der Waals surface area contributed by atoms with Gasteiger partial charge >= 0.3 is 0 Å². The predicted molar refractivity (Wildman–Crippen MR) is 186 cm³/mol. The zero-order chi connectivity index (χ0) is 32.5. The van der Waals surface area contributed by atoms with E-state index in [2.05, 4.69) is 75.9 Å². The summed E-state index contributed by atoms with van der Waals surface area (Å²) < 4.78 is 7.11. The molecule has 0 aromatic heterocycles. The van der Waals surface area contributed by atoms with Crippen LogP contribution in [0.15, 0.2) is 36.9 Å². The summed E-state index contributed by atoms with van der Waals surface area (Å²) in [6, 6.07) is 12.6. The fourth-order valence-electron chi connectivity index (χ4n) is 10.5. The molecule has 0 radical (unpaired) electrons. The maximum Gasteiger partial charge on any atom is 0.246 e. The van der Waals surface area contributed by atoms with Gasteiger partial charge in [-0.15, -0.1) is 0 Å². The van der Waals surface area contributed by atoms with E-state index in [-0.39, 0.29) is 29.9 Å². The van der Waals surface area contributed by atoms with Gasteiger partial charge in [0.2, 0.25) is 5.91 Å². The molecule has 1 amide bonds. The highest BCUT2D eigenvalue weighted by molar-refractivity contribution is 5.87. The molecule has 3 saturated heterocycles. The van der Waals surface area contributed by atoms with Crippen LogP contribution in [0.5, 0.6) is 0 Å². The molecule has 4 unspecified atom stereocenters. The normalized spacial score (nSPS) is 35.8. The molecule has 256 valence electrons. The molecule has 2 aliphatic carbocycles. The number of benzene rings is 1. The summed E-state index contributed by atoms with van der Waals surface area (Å²) in [7, 11) is 4.50. The number of likely N-dealkylation sites (tertiary alicyclic amines) is 1. The molecule has 9 heteroatoms. The molecule has 7 rings (SSSR count). The largest absolute Gasteiger partial charge is 0.373 e. The van der Waals surface area contributed by atoms with Gasteiger partial charge < -0.3 is 19.4 Å². The number of nitrogens with zero attached hydrogens (tertiary/aromatic N) is 6. The average Bonchev–Trinajstić information content (AvgIpc) is 3.48. The van der Waals surface area contributed by atoms with E-state index < -0.39 is 0 Å². The van der Waals surface area contributed by atoms with E-state index in [4.69, 9.17) is 4.74 Å². The van der Waals surface area contributed by atoms with Gasteiger partial charge in [-0.3, -0.25) is 15.0 Å². The van der Waals surface area contributed by atoms with Gasteiger partial charge in [0, 0.05) is 68.4 Å². The molecule has 0 bridgehead atoms. The van der Waals surface area contributed by atoms with Gasteiger partial charge in [-0.05, 0) is 76.2 Å². The zero-order valence-corrected chi connectivity index (χ0v) is 28.9. The first-order chi connectivity index (χ1) is 22.9. The van der Waals surface area contributed by atoms with E-state index >= 15 is 0 Å². The van der Waals surface area contributed by atoms with Crippen molar-refractivity contribution in [3.8, 4) is 6.07 Å². The summed E-state index contributed by atoms with van der Waals surface area (Å²) in [5.74, 6) is 0.388. The lowest BCUT2D eigenvalue weighted by Crippen LogP contribution is -2.75. The monoisotopic (exact) mass is 643 g/mol. The van der Waals surface area contributed by atoms with Crippen molar-refractivity contribution in [3.63, 3.8) is 0 Å². The van der Waals surface area contributed by atoms with Crippen LogP contribution in [0, 0.1) is 17.2 Å². The summed E-state index contributed by atoms with van der Waals surface area (Å²) in [6.07, 6.45) is 15.3. The molecule has 47 heavy (non-hydrogen) atoms. The van der Waals surface area contributed by atoms with Crippen molar-refractivity contribution >= 4 is 11.6 Å². The van der Waals surface area contributed by atoms with Crippen molar-refractivity contribution < 1.29 is 9.53 Å². The molecule has 7 atom stereocenters. The lowest BCUT2D eigenvalue weighted by molar-refractivity contribution is -0.215. The Hall–Kier alpha value is -2.48. The van der Waals surface area contributed by atoms with E-state index in [1.807, 2.05) is 4.90 Å². The molecule has 4 aliphatic heterocycles. The van der Waals surface area contributed by atoms with Gasteiger partial charge in [0.05, 0.1) is 31.3 Å². The summed E-state index contributed by atoms with van der Waals surface area (Å²) >= 11 is 0. The Kier molecular flexibility index (Phi) is 9.96. The van der Waals surface area contributed by atoms with Crippen molar-refractivity contribution in [2.24, 2.45) is 5.92 Å². The van der Waals surface area contributed by atoms with E-state index in [0.29, 0.717) is 37.0 Å². The number of amides is 1. The van der Waals surface area contributed by atoms with Gasteiger partial charge in [-0.2, -0.15) is 5.26 Å². The van der Waals surface area contributed by atoms with Gasteiger partial charge in [0.1, 0.15) is 0 Å². The molecule has 6 aliphatic rings. The Labute approximate surface area is 282 Å². The number of para-hydroxylation sites is 1. The number of ether oxygens (including phenoxy) is 1. The first-order valence-electron chi connectivity index (χ1n) is 18.6. The molecule has 2 saturated carbocycles. The maximum atomic E-state index is 12.9. The fourth-order valence-corrected chi connectivity index (χ4v) is 10.5. The molecular weight excluding hydrogens is 586 g/mol. The second-order valence-corrected chi connectivity index (χ2v) is 15.5. The van der Waals surface area contributed by atoms with Crippen LogP contribution in [0.25, 0.3) is 0 Å². The number of anilines is 1. The molecule has 1 aromatic rings. The molecule has 5 fully saturated rings. The second kappa shape index (κ2) is 14.2. The number of hydrogen-bond acceptors (Lipinski definition) is 8. The first kappa shape index (κ1) is 33.0.